The molecule has 5 nitrogen and oxygen atoms in total. The summed E-state index contributed by atoms with van der Waals surface area (Å²) in [4.78, 5) is 2.29. The molecule has 2 heterocycles. The van der Waals surface area contributed by atoms with Gasteiger partial charge in [-0.15, -0.1) is 10.2 Å². The monoisotopic (exact) mass is 326 g/mol. The molecule has 7 heteroatoms. The summed E-state index contributed by atoms with van der Waals surface area (Å²) in [6.45, 7) is 3.03. The van der Waals surface area contributed by atoms with E-state index in [1.807, 2.05) is 23.7 Å². The van der Waals surface area contributed by atoms with Crippen LogP contribution in [0.1, 0.15) is 17.5 Å². The Morgan fingerprint density at radius 1 is 1.38 bits per heavy atom. The summed E-state index contributed by atoms with van der Waals surface area (Å²) in [6.07, 6.45) is 1.62. The molecule has 1 saturated heterocycles. The number of ether oxygens (including phenoxy) is 1. The van der Waals surface area contributed by atoms with E-state index in [9.17, 15) is 0 Å². The number of nitrogens with zero attached hydrogens (tertiary/aromatic N) is 4. The van der Waals surface area contributed by atoms with Crippen molar-refractivity contribution in [3.8, 4) is 0 Å². The lowest BCUT2D eigenvalue weighted by molar-refractivity contribution is -0.0385. The lowest BCUT2D eigenvalue weighted by atomic mass is 10.2. The lowest BCUT2D eigenvalue weighted by Crippen LogP contribution is -2.38. The Morgan fingerprint density at radius 3 is 3.00 bits per heavy atom. The maximum atomic E-state index is 6.23. The van der Waals surface area contributed by atoms with Crippen LogP contribution in [0, 0.1) is 0 Å². The minimum atomic E-state index is -0.0655. The van der Waals surface area contributed by atoms with E-state index < -0.39 is 0 Å². The number of aromatic nitrogens is 3. The van der Waals surface area contributed by atoms with Gasteiger partial charge in [-0.2, -0.15) is 0 Å². The molecule has 1 aromatic heterocycles. The number of hydrogen-bond donors (Lipinski definition) is 0. The van der Waals surface area contributed by atoms with Crippen LogP contribution in [-0.4, -0.2) is 39.4 Å². The minimum Gasteiger partial charge on any atom is -0.368 e. The number of morpholine rings is 1. The molecule has 1 aromatic carbocycles. The van der Waals surface area contributed by atoms with Crippen molar-refractivity contribution >= 4 is 23.2 Å². The van der Waals surface area contributed by atoms with Crippen LogP contribution in [0.15, 0.2) is 24.5 Å². The van der Waals surface area contributed by atoms with Gasteiger partial charge in [0.05, 0.1) is 6.61 Å². The number of aryl methyl sites for hydroxylation is 1. The minimum absolute atomic E-state index is 0.0655. The van der Waals surface area contributed by atoms with E-state index >= 15 is 0 Å². The van der Waals surface area contributed by atoms with Gasteiger partial charge in [0, 0.05) is 36.7 Å². The van der Waals surface area contributed by atoms with Crippen molar-refractivity contribution in [2.75, 3.05) is 19.7 Å². The second-order valence-electron chi connectivity index (χ2n) is 5.13. The van der Waals surface area contributed by atoms with Gasteiger partial charge in [-0.3, -0.25) is 4.90 Å². The van der Waals surface area contributed by atoms with E-state index in [0.717, 1.165) is 36.0 Å². The predicted octanol–water partition coefficient (Wildman–Crippen LogP) is 2.70. The SMILES string of the molecule is Cn1cnnc1[C@H]1CN(Cc2cc(Cl)ccc2Cl)CCO1. The third kappa shape index (κ3) is 3.37. The summed E-state index contributed by atoms with van der Waals surface area (Å²) in [6, 6.07) is 5.55. The molecule has 0 spiro atoms. The zero-order valence-electron chi connectivity index (χ0n) is 11.7. The van der Waals surface area contributed by atoms with Crippen molar-refractivity contribution in [2.24, 2.45) is 7.05 Å². The van der Waals surface area contributed by atoms with Gasteiger partial charge in [-0.05, 0) is 23.8 Å². The Bertz CT molecular complexity index is 631. The zero-order chi connectivity index (χ0) is 14.8. The van der Waals surface area contributed by atoms with Gasteiger partial charge in [0.15, 0.2) is 5.82 Å². The van der Waals surface area contributed by atoms with Crippen LogP contribution >= 0.6 is 23.2 Å². The Kier molecular flexibility index (Phi) is 4.45. The third-order valence-corrected chi connectivity index (χ3v) is 4.19. The normalized spacial score (nSPS) is 19.9. The molecule has 0 amide bonds. The van der Waals surface area contributed by atoms with Crippen molar-refractivity contribution < 1.29 is 4.74 Å². The van der Waals surface area contributed by atoms with Gasteiger partial charge in [0.25, 0.3) is 0 Å². The Balaban J connectivity index is 1.72. The Morgan fingerprint density at radius 2 is 2.24 bits per heavy atom. The van der Waals surface area contributed by atoms with Gasteiger partial charge >= 0.3 is 0 Å². The van der Waals surface area contributed by atoms with Gasteiger partial charge < -0.3 is 9.30 Å². The summed E-state index contributed by atoms with van der Waals surface area (Å²) in [5.74, 6) is 0.844. The number of halogens is 2. The molecule has 1 aliphatic heterocycles. The molecule has 0 N–H and O–H groups in total. The summed E-state index contributed by atoms with van der Waals surface area (Å²) in [5, 5.41) is 9.47. The molecule has 0 bridgehead atoms. The average Bonchev–Trinajstić information content (AvgIpc) is 2.89. The van der Waals surface area contributed by atoms with Gasteiger partial charge in [-0.1, -0.05) is 23.2 Å². The van der Waals surface area contributed by atoms with Crippen LogP contribution in [0.3, 0.4) is 0 Å². The van der Waals surface area contributed by atoms with E-state index in [2.05, 4.69) is 15.1 Å². The third-order valence-electron chi connectivity index (χ3n) is 3.59. The first kappa shape index (κ1) is 14.8. The molecule has 21 heavy (non-hydrogen) atoms. The predicted molar refractivity (Wildman–Crippen MR) is 81.4 cm³/mol. The van der Waals surface area contributed by atoms with Crippen LogP contribution in [0.2, 0.25) is 10.0 Å². The van der Waals surface area contributed by atoms with Crippen molar-refractivity contribution in [1.82, 2.24) is 19.7 Å². The second kappa shape index (κ2) is 6.32. The number of hydrogen-bond acceptors (Lipinski definition) is 4. The van der Waals surface area contributed by atoms with Crippen LogP contribution in [0.5, 0.6) is 0 Å². The maximum Gasteiger partial charge on any atom is 0.163 e. The molecule has 0 radical (unpaired) electrons. The van der Waals surface area contributed by atoms with E-state index in [0.29, 0.717) is 11.6 Å². The highest BCUT2D eigenvalue weighted by Gasteiger charge is 2.25. The first-order chi connectivity index (χ1) is 10.1. The number of benzene rings is 1. The van der Waals surface area contributed by atoms with Crippen molar-refractivity contribution in [3.05, 3.63) is 46.0 Å². The van der Waals surface area contributed by atoms with Gasteiger partial charge in [0.1, 0.15) is 12.4 Å². The summed E-state index contributed by atoms with van der Waals surface area (Å²) >= 11 is 12.3. The van der Waals surface area contributed by atoms with Crippen LogP contribution < -0.4 is 0 Å². The van der Waals surface area contributed by atoms with Crippen LogP contribution in [0.4, 0.5) is 0 Å². The Labute approximate surface area is 133 Å². The molecule has 0 unspecified atom stereocenters. The fraction of sp³-hybridized carbons (Fsp3) is 0.429. The zero-order valence-corrected chi connectivity index (χ0v) is 13.2. The van der Waals surface area contributed by atoms with Gasteiger partial charge in [0.2, 0.25) is 0 Å². The first-order valence-corrected chi connectivity index (χ1v) is 7.51. The molecular weight excluding hydrogens is 311 g/mol. The molecule has 1 fully saturated rings. The molecule has 1 aliphatic rings. The van der Waals surface area contributed by atoms with E-state index in [1.54, 1.807) is 12.4 Å². The standard InChI is InChI=1S/C14H16Cl2N4O/c1-19-9-17-18-14(19)13-8-20(4-5-21-13)7-10-6-11(15)2-3-12(10)16/h2-3,6,9,13H,4-5,7-8H2,1H3/t13-/m1/s1. The molecule has 3 rings (SSSR count). The quantitative estimate of drug-likeness (QED) is 0.869. The largest absolute Gasteiger partial charge is 0.368 e. The van der Waals surface area contributed by atoms with Crippen molar-refractivity contribution in [2.45, 2.75) is 12.6 Å². The molecule has 0 saturated carbocycles. The highest BCUT2D eigenvalue weighted by molar-refractivity contribution is 6.33. The summed E-state index contributed by atoms with van der Waals surface area (Å²) < 4.78 is 7.69. The maximum absolute atomic E-state index is 6.23. The molecule has 112 valence electrons. The van der Waals surface area contributed by atoms with Crippen LogP contribution in [-0.2, 0) is 18.3 Å². The van der Waals surface area contributed by atoms with Crippen molar-refractivity contribution in [3.63, 3.8) is 0 Å². The topological polar surface area (TPSA) is 43.2 Å². The highest BCUT2D eigenvalue weighted by Crippen LogP contribution is 2.25. The van der Waals surface area contributed by atoms with Crippen molar-refractivity contribution in [1.29, 1.82) is 0 Å². The fourth-order valence-corrected chi connectivity index (χ4v) is 2.86. The molecule has 2 aromatic rings. The second-order valence-corrected chi connectivity index (χ2v) is 5.97. The average molecular weight is 327 g/mol. The van der Waals surface area contributed by atoms with E-state index in [1.165, 1.54) is 0 Å². The number of rotatable bonds is 3. The lowest BCUT2D eigenvalue weighted by Gasteiger charge is -2.32. The van der Waals surface area contributed by atoms with E-state index in [4.69, 9.17) is 27.9 Å². The summed E-state index contributed by atoms with van der Waals surface area (Å²) in [7, 11) is 1.92. The summed E-state index contributed by atoms with van der Waals surface area (Å²) in [5.41, 5.74) is 1.03. The smallest absolute Gasteiger partial charge is 0.163 e. The fourth-order valence-electron chi connectivity index (χ4n) is 2.49. The first-order valence-electron chi connectivity index (χ1n) is 6.75. The van der Waals surface area contributed by atoms with E-state index in [-0.39, 0.29) is 6.10 Å². The highest BCUT2D eigenvalue weighted by atomic mass is 35.5. The molecule has 1 atom stereocenters. The molecule has 0 aliphatic carbocycles. The molecular formula is C14H16Cl2N4O. The van der Waals surface area contributed by atoms with Crippen LogP contribution in [0.25, 0.3) is 0 Å². The Hall–Kier alpha value is -1.14. The van der Waals surface area contributed by atoms with Gasteiger partial charge in [-0.25, -0.2) is 0 Å².